The van der Waals surface area contributed by atoms with Crippen molar-refractivity contribution in [2.45, 2.75) is 37.5 Å². The van der Waals surface area contributed by atoms with Crippen molar-refractivity contribution in [3.8, 4) is 11.1 Å². The van der Waals surface area contributed by atoms with Gasteiger partial charge in [0.05, 0.1) is 24.6 Å². The largest absolute Gasteiger partial charge is 0.325 e. The molecule has 0 amide bonds. The van der Waals surface area contributed by atoms with Crippen molar-refractivity contribution in [2.24, 2.45) is 0 Å². The van der Waals surface area contributed by atoms with E-state index in [1.165, 1.54) is 0 Å². The molecule has 0 unspecified atom stereocenters. The van der Waals surface area contributed by atoms with E-state index in [4.69, 9.17) is 0 Å². The predicted molar refractivity (Wildman–Crippen MR) is 143 cm³/mol. The van der Waals surface area contributed by atoms with E-state index in [0.717, 1.165) is 11.1 Å². The van der Waals surface area contributed by atoms with Crippen molar-refractivity contribution in [2.75, 3.05) is 24.6 Å². The molecule has 12 nitrogen and oxygen atoms in total. The van der Waals surface area contributed by atoms with Gasteiger partial charge >= 0.3 is 30.4 Å². The summed E-state index contributed by atoms with van der Waals surface area (Å²) in [5, 5.41) is 0. The standard InChI is InChI=1S/C22H34O12P4/c23-35(24,25)13-9-21(10-14-36(26,27)28)19-5-1-17(2-6-19)18-3-7-20(8-4-18)22(11-15-37(29,30)31)12-16-38(32,33)34/h1-8,21-22H,9-16H2,(H2,23,24,25)(H2,26,27,28)(H2,29,30,31)(H2,32,33,34). The first-order valence-electron chi connectivity index (χ1n) is 11.7. The van der Waals surface area contributed by atoms with Crippen molar-refractivity contribution < 1.29 is 57.4 Å². The first kappa shape index (κ1) is 33.2. The van der Waals surface area contributed by atoms with Gasteiger partial charge in [0.2, 0.25) is 0 Å². The quantitative estimate of drug-likeness (QED) is 0.134. The molecular formula is C22H34O12P4. The van der Waals surface area contributed by atoms with E-state index in [-0.39, 0.29) is 25.7 Å². The van der Waals surface area contributed by atoms with Gasteiger partial charge < -0.3 is 39.1 Å². The van der Waals surface area contributed by atoms with Crippen molar-refractivity contribution >= 4 is 30.4 Å². The van der Waals surface area contributed by atoms with Crippen LogP contribution in [-0.2, 0) is 18.3 Å². The summed E-state index contributed by atoms with van der Waals surface area (Å²) in [6, 6.07) is 14.0. The van der Waals surface area contributed by atoms with Crippen LogP contribution in [0.3, 0.4) is 0 Å². The minimum Gasteiger partial charge on any atom is -0.324 e. The topological polar surface area (TPSA) is 230 Å². The van der Waals surface area contributed by atoms with Gasteiger partial charge in [-0.05, 0) is 59.8 Å². The molecule has 2 rings (SSSR count). The maximum Gasteiger partial charge on any atom is 0.325 e. The summed E-state index contributed by atoms with van der Waals surface area (Å²) in [6.07, 6.45) is -1.40. The molecule has 0 radical (unpaired) electrons. The molecule has 0 atom stereocenters. The molecular weight excluding hydrogens is 580 g/mol. The minimum absolute atomic E-state index is 0.0585. The average molecular weight is 614 g/mol. The Hall–Kier alpha value is -0.960. The van der Waals surface area contributed by atoms with E-state index in [1.54, 1.807) is 48.5 Å². The Morgan fingerprint density at radius 3 is 0.816 bits per heavy atom. The van der Waals surface area contributed by atoms with Gasteiger partial charge in [0, 0.05) is 0 Å². The van der Waals surface area contributed by atoms with Gasteiger partial charge in [-0.2, -0.15) is 0 Å². The van der Waals surface area contributed by atoms with E-state index < -0.39 is 66.9 Å². The molecule has 38 heavy (non-hydrogen) atoms. The highest BCUT2D eigenvalue weighted by atomic mass is 31.2. The van der Waals surface area contributed by atoms with Crippen LogP contribution in [0.2, 0.25) is 0 Å². The van der Waals surface area contributed by atoms with E-state index in [0.29, 0.717) is 11.1 Å². The second-order valence-electron chi connectivity index (χ2n) is 9.35. The molecule has 0 aliphatic carbocycles. The van der Waals surface area contributed by atoms with Crippen LogP contribution in [0.25, 0.3) is 11.1 Å². The fraction of sp³-hybridized carbons (Fsp3) is 0.455. The van der Waals surface area contributed by atoms with Crippen molar-refractivity contribution in [1.29, 1.82) is 0 Å². The monoisotopic (exact) mass is 614 g/mol. The highest BCUT2D eigenvalue weighted by molar-refractivity contribution is 7.52. The van der Waals surface area contributed by atoms with Gasteiger partial charge in [-0.15, -0.1) is 0 Å². The molecule has 2 aromatic carbocycles. The molecule has 0 saturated heterocycles. The van der Waals surface area contributed by atoms with Crippen LogP contribution < -0.4 is 0 Å². The Morgan fingerprint density at radius 1 is 0.421 bits per heavy atom. The smallest absolute Gasteiger partial charge is 0.324 e. The Balaban J connectivity index is 2.21. The maximum atomic E-state index is 11.3. The van der Waals surface area contributed by atoms with Crippen molar-refractivity contribution in [3.63, 3.8) is 0 Å². The number of benzene rings is 2. The fourth-order valence-electron chi connectivity index (χ4n) is 4.15. The van der Waals surface area contributed by atoms with Gasteiger partial charge in [-0.1, -0.05) is 48.5 Å². The van der Waals surface area contributed by atoms with Gasteiger partial charge in [0.15, 0.2) is 0 Å². The van der Waals surface area contributed by atoms with Crippen LogP contribution >= 0.6 is 30.4 Å². The molecule has 0 aliphatic heterocycles. The number of hydrogen-bond donors (Lipinski definition) is 8. The second kappa shape index (κ2) is 13.6. The van der Waals surface area contributed by atoms with Gasteiger partial charge in [-0.3, -0.25) is 18.3 Å². The molecule has 0 heterocycles. The van der Waals surface area contributed by atoms with E-state index in [2.05, 4.69) is 0 Å². The molecule has 0 aliphatic rings. The molecule has 2 aromatic rings. The summed E-state index contributed by atoms with van der Waals surface area (Å²) in [4.78, 5) is 73.8. The lowest BCUT2D eigenvalue weighted by atomic mass is 9.90. The molecule has 0 fully saturated rings. The Bertz CT molecular complexity index is 1070. The van der Waals surface area contributed by atoms with Crippen LogP contribution in [-0.4, -0.2) is 63.8 Å². The fourth-order valence-corrected chi connectivity index (χ4v) is 6.74. The van der Waals surface area contributed by atoms with Crippen LogP contribution in [0.4, 0.5) is 0 Å². The van der Waals surface area contributed by atoms with Crippen LogP contribution in [0.5, 0.6) is 0 Å². The molecule has 0 aromatic heterocycles. The third-order valence-electron chi connectivity index (χ3n) is 6.17. The molecule has 0 saturated carbocycles. The normalized spacial score (nSPS) is 13.4. The lowest BCUT2D eigenvalue weighted by Crippen LogP contribution is -2.06. The summed E-state index contributed by atoms with van der Waals surface area (Å²) in [6.45, 7) is 0. The highest BCUT2D eigenvalue weighted by Gasteiger charge is 2.24. The van der Waals surface area contributed by atoms with E-state index in [1.807, 2.05) is 0 Å². The summed E-state index contributed by atoms with van der Waals surface area (Å²) in [7, 11) is -17.1. The van der Waals surface area contributed by atoms with Crippen molar-refractivity contribution in [1.82, 2.24) is 0 Å². The van der Waals surface area contributed by atoms with Crippen LogP contribution in [0.15, 0.2) is 48.5 Å². The third-order valence-corrected chi connectivity index (χ3v) is 9.54. The zero-order valence-corrected chi connectivity index (χ0v) is 24.0. The number of hydrogen-bond acceptors (Lipinski definition) is 4. The average Bonchev–Trinajstić information content (AvgIpc) is 2.77. The summed E-state index contributed by atoms with van der Waals surface area (Å²) in [5.74, 6) is -0.925. The Kier molecular flexibility index (Phi) is 11.9. The predicted octanol–water partition coefficient (Wildman–Crippen LogP) is 3.79. The summed E-state index contributed by atoms with van der Waals surface area (Å²) >= 11 is 0. The lowest BCUT2D eigenvalue weighted by molar-refractivity contribution is 0.362. The molecule has 16 heteroatoms. The van der Waals surface area contributed by atoms with Gasteiger partial charge in [-0.25, -0.2) is 0 Å². The third kappa shape index (κ3) is 13.4. The van der Waals surface area contributed by atoms with Crippen LogP contribution in [0, 0.1) is 0 Å². The zero-order valence-electron chi connectivity index (χ0n) is 20.4. The Labute approximate surface area is 220 Å². The lowest BCUT2D eigenvalue weighted by Gasteiger charge is -2.19. The minimum atomic E-state index is -4.28. The molecule has 214 valence electrons. The Morgan fingerprint density at radius 2 is 0.632 bits per heavy atom. The highest BCUT2D eigenvalue weighted by Crippen LogP contribution is 2.44. The first-order chi connectivity index (χ1) is 17.3. The molecule has 0 bridgehead atoms. The summed E-state index contributed by atoms with van der Waals surface area (Å²) in [5.41, 5.74) is 2.93. The molecule has 8 N–H and O–H groups in total. The molecule has 0 spiro atoms. The second-order valence-corrected chi connectivity index (χ2v) is 16.5. The SMILES string of the molecule is O=P(O)(O)CCC(CCP(=O)(O)O)c1ccc(-c2ccc(C(CCP(=O)(O)O)CCP(=O)(O)O)cc2)cc1. The first-order valence-corrected chi connectivity index (χ1v) is 18.9. The van der Waals surface area contributed by atoms with E-state index in [9.17, 15) is 57.4 Å². The van der Waals surface area contributed by atoms with E-state index >= 15 is 0 Å². The van der Waals surface area contributed by atoms with Crippen molar-refractivity contribution in [3.05, 3.63) is 59.7 Å². The zero-order chi connectivity index (χ0) is 28.8. The summed E-state index contributed by atoms with van der Waals surface area (Å²) < 4.78 is 45.3. The number of rotatable bonds is 15. The van der Waals surface area contributed by atoms with Gasteiger partial charge in [0.1, 0.15) is 0 Å². The van der Waals surface area contributed by atoms with Crippen LogP contribution in [0.1, 0.15) is 48.6 Å². The maximum absolute atomic E-state index is 11.3. The van der Waals surface area contributed by atoms with Gasteiger partial charge in [0.25, 0.3) is 0 Å².